The molecule has 3 unspecified atom stereocenters. The molecule has 0 aromatic heterocycles. The molecule has 5 nitrogen and oxygen atoms in total. The Kier molecular flexibility index (Phi) is 6.57. The second-order valence-electron chi connectivity index (χ2n) is 7.24. The highest BCUT2D eigenvalue weighted by Gasteiger charge is 2.25. The monoisotopic (exact) mass is 365 g/mol. The number of carbonyl (C=O) groups excluding carboxylic acids is 1. The van der Waals surface area contributed by atoms with Gasteiger partial charge in [0, 0.05) is 18.1 Å². The summed E-state index contributed by atoms with van der Waals surface area (Å²) < 4.78 is 0. The first-order valence-electron chi connectivity index (χ1n) is 9.31. The van der Waals surface area contributed by atoms with Gasteiger partial charge in [0.25, 0.3) is 0 Å². The Hall–Kier alpha value is -1.30. The highest BCUT2D eigenvalue weighted by atomic mass is 35.5. The Bertz CT molecular complexity index is 578. The van der Waals surface area contributed by atoms with Crippen LogP contribution in [-0.2, 0) is 0 Å². The van der Waals surface area contributed by atoms with Gasteiger partial charge >= 0.3 is 6.03 Å². The van der Waals surface area contributed by atoms with Crippen LogP contribution in [0.4, 0.5) is 4.79 Å². The molecule has 1 aromatic rings. The van der Waals surface area contributed by atoms with E-state index in [-0.39, 0.29) is 18.2 Å². The zero-order valence-electron chi connectivity index (χ0n) is 14.6. The molecular weight excluding hydrogens is 338 g/mol. The molecule has 2 fully saturated rings. The second kappa shape index (κ2) is 8.88. The number of amides is 2. The smallest absolute Gasteiger partial charge is 0.314 e. The highest BCUT2D eigenvalue weighted by Crippen LogP contribution is 2.27. The lowest BCUT2D eigenvalue weighted by molar-refractivity contribution is 0.177. The van der Waals surface area contributed by atoms with Gasteiger partial charge in [-0.25, -0.2) is 4.79 Å². The molecular formula is C19H28ClN3O2. The van der Waals surface area contributed by atoms with Gasteiger partial charge in [-0.05, 0) is 68.8 Å². The minimum atomic E-state index is -0.197. The van der Waals surface area contributed by atoms with Gasteiger partial charge in [-0.15, -0.1) is 0 Å². The van der Waals surface area contributed by atoms with Gasteiger partial charge in [0.1, 0.15) is 0 Å². The van der Waals surface area contributed by atoms with Gasteiger partial charge in [0.05, 0.1) is 12.1 Å². The lowest BCUT2D eigenvalue weighted by Crippen LogP contribution is -2.42. The van der Waals surface area contributed by atoms with E-state index in [0.717, 1.165) is 42.9 Å². The summed E-state index contributed by atoms with van der Waals surface area (Å²) in [7, 11) is 0. The van der Waals surface area contributed by atoms with Crippen molar-refractivity contribution in [3.05, 3.63) is 34.9 Å². The van der Waals surface area contributed by atoms with Gasteiger partial charge in [0.2, 0.25) is 0 Å². The van der Waals surface area contributed by atoms with Gasteiger partial charge < -0.3 is 15.7 Å². The van der Waals surface area contributed by atoms with E-state index in [4.69, 9.17) is 11.6 Å². The fourth-order valence-electron chi connectivity index (χ4n) is 3.95. The molecule has 25 heavy (non-hydrogen) atoms. The number of likely N-dealkylation sites (tertiary alicyclic amines) is 1. The van der Waals surface area contributed by atoms with Gasteiger partial charge in [0.15, 0.2) is 0 Å². The van der Waals surface area contributed by atoms with Crippen molar-refractivity contribution in [3.63, 3.8) is 0 Å². The topological polar surface area (TPSA) is 64.6 Å². The molecule has 3 rings (SSSR count). The first-order valence-corrected chi connectivity index (χ1v) is 9.69. The molecule has 0 bridgehead atoms. The summed E-state index contributed by atoms with van der Waals surface area (Å²) in [5, 5.41) is 16.3. The van der Waals surface area contributed by atoms with E-state index in [1.807, 2.05) is 18.2 Å². The molecule has 2 aliphatic rings. The van der Waals surface area contributed by atoms with Gasteiger partial charge in [-0.3, -0.25) is 4.90 Å². The number of urea groups is 1. The molecule has 3 atom stereocenters. The fourth-order valence-corrected chi connectivity index (χ4v) is 4.15. The van der Waals surface area contributed by atoms with Crippen molar-refractivity contribution in [2.45, 2.75) is 44.2 Å². The number of hydrogen-bond donors (Lipinski definition) is 3. The van der Waals surface area contributed by atoms with Crippen LogP contribution in [0.5, 0.6) is 0 Å². The molecule has 1 heterocycles. The summed E-state index contributed by atoms with van der Waals surface area (Å²) in [5.41, 5.74) is 1.15. The second-order valence-corrected chi connectivity index (χ2v) is 7.67. The van der Waals surface area contributed by atoms with Crippen molar-refractivity contribution in [1.82, 2.24) is 15.5 Å². The highest BCUT2D eigenvalue weighted by molar-refractivity contribution is 6.30. The molecule has 3 N–H and O–H groups in total. The fraction of sp³-hybridized carbons (Fsp3) is 0.632. The molecule has 1 aliphatic heterocycles. The van der Waals surface area contributed by atoms with Crippen molar-refractivity contribution in [1.29, 1.82) is 0 Å². The Morgan fingerprint density at radius 1 is 1.28 bits per heavy atom. The van der Waals surface area contributed by atoms with E-state index < -0.39 is 0 Å². The third-order valence-corrected chi connectivity index (χ3v) is 5.57. The molecule has 1 aliphatic carbocycles. The summed E-state index contributed by atoms with van der Waals surface area (Å²) in [6, 6.07) is 7.93. The van der Waals surface area contributed by atoms with Crippen molar-refractivity contribution < 1.29 is 9.90 Å². The molecule has 2 amide bonds. The predicted octanol–water partition coefficient (Wildman–Crippen LogP) is 2.94. The van der Waals surface area contributed by atoms with E-state index in [1.54, 1.807) is 0 Å². The maximum absolute atomic E-state index is 12.2. The summed E-state index contributed by atoms with van der Waals surface area (Å²) in [6.45, 7) is 3.31. The number of halogens is 1. The Balaban J connectivity index is 1.52. The van der Waals surface area contributed by atoms with Crippen LogP contribution in [0.2, 0.25) is 5.02 Å². The number of aliphatic hydroxyl groups is 1. The maximum Gasteiger partial charge on any atom is 0.314 e. The molecule has 1 saturated heterocycles. The zero-order chi connectivity index (χ0) is 17.6. The van der Waals surface area contributed by atoms with E-state index in [2.05, 4.69) is 21.6 Å². The average Bonchev–Trinajstić information content (AvgIpc) is 3.25. The largest absolute Gasteiger partial charge is 0.393 e. The van der Waals surface area contributed by atoms with Crippen LogP contribution >= 0.6 is 11.6 Å². The third-order valence-electron chi connectivity index (χ3n) is 5.34. The van der Waals surface area contributed by atoms with E-state index in [1.165, 1.54) is 12.8 Å². The first kappa shape index (κ1) is 18.5. The molecule has 0 radical (unpaired) electrons. The quantitative estimate of drug-likeness (QED) is 0.726. The summed E-state index contributed by atoms with van der Waals surface area (Å²) >= 11 is 6.15. The number of rotatable bonds is 6. The van der Waals surface area contributed by atoms with Crippen molar-refractivity contribution in [2.24, 2.45) is 5.92 Å². The molecule has 1 aromatic carbocycles. The lowest BCUT2D eigenvalue weighted by atomic mass is 10.1. The lowest BCUT2D eigenvalue weighted by Gasteiger charge is -2.28. The molecule has 1 saturated carbocycles. The number of aliphatic hydroxyl groups excluding tert-OH is 1. The Labute approximate surface area is 154 Å². The van der Waals surface area contributed by atoms with Crippen molar-refractivity contribution in [2.75, 3.05) is 26.2 Å². The SMILES string of the molecule is O=C(NCC1CCC(O)C1)NCC(c1cccc(Cl)c1)N1CCCC1. The minimum absolute atomic E-state index is 0.132. The van der Waals surface area contributed by atoms with Crippen molar-refractivity contribution in [3.8, 4) is 0 Å². The molecule has 6 heteroatoms. The Morgan fingerprint density at radius 2 is 2.08 bits per heavy atom. The average molecular weight is 366 g/mol. The number of nitrogens with zero attached hydrogens (tertiary/aromatic N) is 1. The number of hydrogen-bond acceptors (Lipinski definition) is 3. The van der Waals surface area contributed by atoms with E-state index in [9.17, 15) is 9.90 Å². The van der Waals surface area contributed by atoms with Crippen LogP contribution in [0.15, 0.2) is 24.3 Å². The predicted molar refractivity (Wildman–Crippen MR) is 99.7 cm³/mol. The normalized spacial score (nSPS) is 25.0. The van der Waals surface area contributed by atoms with Gasteiger partial charge in [-0.1, -0.05) is 23.7 Å². The molecule has 0 spiro atoms. The van der Waals surface area contributed by atoms with Crippen LogP contribution in [-0.4, -0.2) is 48.3 Å². The van der Waals surface area contributed by atoms with E-state index in [0.29, 0.717) is 19.0 Å². The van der Waals surface area contributed by atoms with E-state index >= 15 is 0 Å². The number of benzene rings is 1. The summed E-state index contributed by atoms with van der Waals surface area (Å²) in [5.74, 6) is 0.392. The van der Waals surface area contributed by atoms with Crippen LogP contribution in [0.25, 0.3) is 0 Å². The minimum Gasteiger partial charge on any atom is -0.393 e. The van der Waals surface area contributed by atoms with Crippen LogP contribution in [0.3, 0.4) is 0 Å². The van der Waals surface area contributed by atoms with Crippen LogP contribution in [0.1, 0.15) is 43.7 Å². The van der Waals surface area contributed by atoms with Gasteiger partial charge in [-0.2, -0.15) is 0 Å². The zero-order valence-corrected chi connectivity index (χ0v) is 15.3. The molecule has 138 valence electrons. The Morgan fingerprint density at radius 3 is 2.76 bits per heavy atom. The number of nitrogens with one attached hydrogen (secondary N) is 2. The van der Waals surface area contributed by atoms with Crippen LogP contribution < -0.4 is 10.6 Å². The van der Waals surface area contributed by atoms with Crippen molar-refractivity contribution >= 4 is 17.6 Å². The first-order chi connectivity index (χ1) is 12.1. The number of carbonyl (C=O) groups is 1. The standard InChI is InChI=1S/C19H28ClN3O2/c20-16-5-3-4-15(11-16)18(23-8-1-2-9-23)13-22-19(25)21-12-14-6-7-17(24)10-14/h3-5,11,14,17-18,24H,1-2,6-10,12-13H2,(H2,21,22,25). The summed E-state index contributed by atoms with van der Waals surface area (Å²) in [4.78, 5) is 14.6. The summed E-state index contributed by atoms with van der Waals surface area (Å²) in [6.07, 6.45) is 4.83. The maximum atomic E-state index is 12.2. The third kappa shape index (κ3) is 5.33. The van der Waals surface area contributed by atoms with Crippen LogP contribution in [0, 0.1) is 5.92 Å².